The molecule has 4 heteroatoms. The summed E-state index contributed by atoms with van der Waals surface area (Å²) in [6.45, 7) is 5.93. The van der Waals surface area contributed by atoms with Crippen molar-refractivity contribution < 1.29 is 14.2 Å². The van der Waals surface area contributed by atoms with Crippen LogP contribution in [0.4, 0.5) is 0 Å². The minimum absolute atomic E-state index is 0.108. The molecular formula is C13H17NO3. The molecule has 0 unspecified atom stereocenters. The number of hydrogen-bond donors (Lipinski definition) is 1. The molecule has 0 radical (unpaired) electrons. The molecular weight excluding hydrogens is 218 g/mol. The Balaban J connectivity index is 1.86. The maximum atomic E-state index is 5.42. The second kappa shape index (κ2) is 4.20. The molecule has 92 valence electrons. The molecule has 0 saturated carbocycles. The third kappa shape index (κ3) is 1.77. The molecule has 0 amide bonds. The van der Waals surface area contributed by atoms with Gasteiger partial charge in [-0.2, -0.15) is 0 Å². The molecule has 2 heterocycles. The van der Waals surface area contributed by atoms with Gasteiger partial charge >= 0.3 is 0 Å². The van der Waals surface area contributed by atoms with Gasteiger partial charge in [-0.15, -0.1) is 0 Å². The van der Waals surface area contributed by atoms with Crippen LogP contribution in [0.5, 0.6) is 11.5 Å². The highest BCUT2D eigenvalue weighted by atomic mass is 16.7. The van der Waals surface area contributed by atoms with Crippen LogP contribution in [0.1, 0.15) is 12.5 Å². The standard InChI is InChI=1S/C13H17NO3/c1-2-14-6-13(7-15-8-13)10-3-4-11-12(5-10)17-9-16-11/h3-5,14H,2,6-9H2,1H3. The molecule has 4 nitrogen and oxygen atoms in total. The van der Waals surface area contributed by atoms with Gasteiger partial charge in [-0.25, -0.2) is 0 Å². The first-order valence-corrected chi connectivity index (χ1v) is 6.03. The van der Waals surface area contributed by atoms with E-state index in [1.165, 1.54) is 5.56 Å². The molecule has 1 fully saturated rings. The number of hydrogen-bond acceptors (Lipinski definition) is 4. The Morgan fingerprint density at radius 3 is 2.76 bits per heavy atom. The Bertz CT molecular complexity index is 415. The average molecular weight is 235 g/mol. The van der Waals surface area contributed by atoms with E-state index in [0.717, 1.165) is 37.8 Å². The molecule has 0 bridgehead atoms. The zero-order valence-electron chi connectivity index (χ0n) is 9.99. The van der Waals surface area contributed by atoms with E-state index >= 15 is 0 Å². The Labute approximate surface area is 101 Å². The maximum Gasteiger partial charge on any atom is 0.231 e. The lowest BCUT2D eigenvalue weighted by Gasteiger charge is -2.42. The Hall–Kier alpha value is -1.26. The van der Waals surface area contributed by atoms with Gasteiger partial charge in [0.25, 0.3) is 0 Å². The van der Waals surface area contributed by atoms with E-state index in [1.54, 1.807) is 0 Å². The van der Waals surface area contributed by atoms with Crippen LogP contribution in [0.3, 0.4) is 0 Å². The third-order valence-electron chi connectivity index (χ3n) is 3.46. The lowest BCUT2D eigenvalue weighted by atomic mass is 9.78. The lowest BCUT2D eigenvalue weighted by Crippen LogP contribution is -2.53. The topological polar surface area (TPSA) is 39.7 Å². The van der Waals surface area contributed by atoms with Crippen molar-refractivity contribution in [1.82, 2.24) is 5.32 Å². The molecule has 1 aromatic rings. The van der Waals surface area contributed by atoms with Crippen LogP contribution in [-0.2, 0) is 10.2 Å². The van der Waals surface area contributed by atoms with Crippen molar-refractivity contribution in [2.75, 3.05) is 33.1 Å². The molecule has 17 heavy (non-hydrogen) atoms. The van der Waals surface area contributed by atoms with E-state index in [0.29, 0.717) is 6.79 Å². The van der Waals surface area contributed by atoms with E-state index in [2.05, 4.69) is 24.4 Å². The van der Waals surface area contributed by atoms with Crippen molar-refractivity contribution in [2.45, 2.75) is 12.3 Å². The van der Waals surface area contributed by atoms with E-state index in [-0.39, 0.29) is 5.41 Å². The fraction of sp³-hybridized carbons (Fsp3) is 0.538. The highest BCUT2D eigenvalue weighted by Crippen LogP contribution is 2.39. The Kier molecular flexibility index (Phi) is 2.68. The predicted octanol–water partition coefficient (Wildman–Crippen LogP) is 1.29. The molecule has 3 rings (SSSR count). The van der Waals surface area contributed by atoms with Crippen LogP contribution in [0.2, 0.25) is 0 Å². The molecule has 1 N–H and O–H groups in total. The van der Waals surface area contributed by atoms with Crippen molar-refractivity contribution >= 4 is 0 Å². The Morgan fingerprint density at radius 1 is 1.24 bits per heavy atom. The highest BCUT2D eigenvalue weighted by Gasteiger charge is 2.40. The van der Waals surface area contributed by atoms with E-state index in [9.17, 15) is 0 Å². The molecule has 1 saturated heterocycles. The summed E-state index contributed by atoms with van der Waals surface area (Å²) in [5.41, 5.74) is 1.38. The van der Waals surface area contributed by atoms with Crippen LogP contribution in [0.25, 0.3) is 0 Å². The third-order valence-corrected chi connectivity index (χ3v) is 3.46. The van der Waals surface area contributed by atoms with Gasteiger partial charge in [-0.3, -0.25) is 0 Å². The van der Waals surface area contributed by atoms with Crippen LogP contribution < -0.4 is 14.8 Å². The van der Waals surface area contributed by atoms with Crippen LogP contribution in [0, 0.1) is 0 Å². The smallest absolute Gasteiger partial charge is 0.231 e. The average Bonchev–Trinajstić information content (AvgIpc) is 2.75. The molecule has 0 atom stereocenters. The number of fused-ring (bicyclic) bond motifs is 1. The minimum Gasteiger partial charge on any atom is -0.454 e. The largest absolute Gasteiger partial charge is 0.454 e. The number of nitrogens with one attached hydrogen (secondary N) is 1. The van der Waals surface area contributed by atoms with E-state index in [1.807, 2.05) is 6.07 Å². The summed E-state index contributed by atoms with van der Waals surface area (Å²) in [7, 11) is 0. The molecule has 0 aliphatic carbocycles. The number of benzene rings is 1. The second-order valence-corrected chi connectivity index (χ2v) is 4.62. The summed E-state index contributed by atoms with van der Waals surface area (Å²) in [6, 6.07) is 6.19. The van der Waals surface area contributed by atoms with Crippen molar-refractivity contribution in [1.29, 1.82) is 0 Å². The SMILES string of the molecule is CCNCC1(c2ccc3c(c2)OCO3)COC1. The van der Waals surface area contributed by atoms with Gasteiger partial charge in [0.2, 0.25) is 6.79 Å². The van der Waals surface area contributed by atoms with Gasteiger partial charge in [0.15, 0.2) is 11.5 Å². The first-order valence-electron chi connectivity index (χ1n) is 6.03. The van der Waals surface area contributed by atoms with Gasteiger partial charge in [0.05, 0.1) is 18.6 Å². The zero-order chi connectivity index (χ0) is 11.7. The van der Waals surface area contributed by atoms with Gasteiger partial charge in [0, 0.05) is 6.54 Å². The quantitative estimate of drug-likeness (QED) is 0.853. The first kappa shape index (κ1) is 10.9. The summed E-state index contributed by atoms with van der Waals surface area (Å²) in [4.78, 5) is 0. The second-order valence-electron chi connectivity index (χ2n) is 4.62. The van der Waals surface area contributed by atoms with E-state index < -0.39 is 0 Å². The summed E-state index contributed by atoms with van der Waals surface area (Å²) in [5, 5.41) is 3.41. The molecule has 0 spiro atoms. The number of ether oxygens (including phenoxy) is 3. The molecule has 2 aliphatic heterocycles. The van der Waals surface area contributed by atoms with Crippen LogP contribution in [-0.4, -0.2) is 33.1 Å². The number of likely N-dealkylation sites (N-methyl/N-ethyl adjacent to an activating group) is 1. The lowest BCUT2D eigenvalue weighted by molar-refractivity contribution is -0.0588. The van der Waals surface area contributed by atoms with Crippen LogP contribution >= 0.6 is 0 Å². The zero-order valence-corrected chi connectivity index (χ0v) is 9.99. The normalized spacial score (nSPS) is 20.1. The van der Waals surface area contributed by atoms with E-state index in [4.69, 9.17) is 14.2 Å². The minimum atomic E-state index is 0.108. The fourth-order valence-electron chi connectivity index (χ4n) is 2.31. The summed E-state index contributed by atoms with van der Waals surface area (Å²) in [6.07, 6.45) is 0. The summed E-state index contributed by atoms with van der Waals surface area (Å²) >= 11 is 0. The van der Waals surface area contributed by atoms with Crippen molar-refractivity contribution in [3.8, 4) is 11.5 Å². The molecule has 1 aromatic carbocycles. The van der Waals surface area contributed by atoms with Gasteiger partial charge in [-0.05, 0) is 24.2 Å². The summed E-state index contributed by atoms with van der Waals surface area (Å²) in [5.74, 6) is 1.69. The number of rotatable bonds is 4. The molecule has 0 aromatic heterocycles. The monoisotopic (exact) mass is 235 g/mol. The fourth-order valence-corrected chi connectivity index (χ4v) is 2.31. The summed E-state index contributed by atoms with van der Waals surface area (Å²) < 4.78 is 16.2. The van der Waals surface area contributed by atoms with Crippen molar-refractivity contribution in [3.63, 3.8) is 0 Å². The van der Waals surface area contributed by atoms with Crippen LogP contribution in [0.15, 0.2) is 18.2 Å². The van der Waals surface area contributed by atoms with Gasteiger partial charge in [0.1, 0.15) is 0 Å². The van der Waals surface area contributed by atoms with Gasteiger partial charge in [-0.1, -0.05) is 13.0 Å². The van der Waals surface area contributed by atoms with Gasteiger partial charge < -0.3 is 19.5 Å². The maximum absolute atomic E-state index is 5.42. The first-order chi connectivity index (χ1) is 8.34. The molecule has 2 aliphatic rings. The predicted molar refractivity (Wildman–Crippen MR) is 63.6 cm³/mol. The van der Waals surface area contributed by atoms with Crippen molar-refractivity contribution in [3.05, 3.63) is 23.8 Å². The Morgan fingerprint density at radius 2 is 2.06 bits per heavy atom. The highest BCUT2D eigenvalue weighted by molar-refractivity contribution is 5.47. The van der Waals surface area contributed by atoms with Crippen molar-refractivity contribution in [2.24, 2.45) is 0 Å².